The van der Waals surface area contributed by atoms with E-state index in [0.29, 0.717) is 6.54 Å². The van der Waals surface area contributed by atoms with Gasteiger partial charge < -0.3 is 0 Å². The predicted octanol–water partition coefficient (Wildman–Crippen LogP) is 0.891. The van der Waals surface area contributed by atoms with E-state index < -0.39 is 10.0 Å². The smallest absolute Gasteiger partial charge is 0.211 e. The van der Waals surface area contributed by atoms with E-state index in [2.05, 4.69) is 9.71 Å². The van der Waals surface area contributed by atoms with E-state index in [4.69, 9.17) is 0 Å². The van der Waals surface area contributed by atoms with Gasteiger partial charge in [-0.2, -0.15) is 0 Å². The highest BCUT2D eigenvalue weighted by Crippen LogP contribution is 2.10. The van der Waals surface area contributed by atoms with Gasteiger partial charge in [0.1, 0.15) is 5.01 Å². The zero-order chi connectivity index (χ0) is 9.90. The third-order valence-electron chi connectivity index (χ3n) is 1.49. The van der Waals surface area contributed by atoms with Gasteiger partial charge in [-0.25, -0.2) is 18.1 Å². The molecule has 74 valence electrons. The van der Waals surface area contributed by atoms with Crippen LogP contribution in [0.25, 0.3) is 0 Å². The van der Waals surface area contributed by atoms with Crippen LogP contribution in [0.5, 0.6) is 0 Å². The molecule has 0 aromatic carbocycles. The van der Waals surface area contributed by atoms with Crippen LogP contribution in [0.2, 0.25) is 0 Å². The Balaban J connectivity index is 2.53. The van der Waals surface area contributed by atoms with Gasteiger partial charge in [-0.05, 0) is 13.8 Å². The SMILES string of the molecule is CCS(=O)(=O)NCc1ncc(C)s1. The summed E-state index contributed by atoms with van der Waals surface area (Å²) in [7, 11) is -3.09. The lowest BCUT2D eigenvalue weighted by atomic mass is 10.6. The molecule has 0 amide bonds. The van der Waals surface area contributed by atoms with Gasteiger partial charge in [-0.1, -0.05) is 0 Å². The first-order valence-corrected chi connectivity index (χ1v) is 6.39. The van der Waals surface area contributed by atoms with E-state index in [-0.39, 0.29) is 5.75 Å². The number of nitrogens with one attached hydrogen (secondary N) is 1. The maximum atomic E-state index is 11.0. The average Bonchev–Trinajstić information content (AvgIpc) is 2.48. The largest absolute Gasteiger partial charge is 0.248 e. The Bertz CT molecular complexity index is 370. The molecule has 1 aromatic heterocycles. The number of sulfonamides is 1. The van der Waals surface area contributed by atoms with Gasteiger partial charge in [0.2, 0.25) is 10.0 Å². The predicted molar refractivity (Wildman–Crippen MR) is 53.2 cm³/mol. The minimum Gasteiger partial charge on any atom is -0.248 e. The van der Waals surface area contributed by atoms with Crippen LogP contribution >= 0.6 is 11.3 Å². The fraction of sp³-hybridized carbons (Fsp3) is 0.571. The van der Waals surface area contributed by atoms with Crippen molar-refractivity contribution < 1.29 is 8.42 Å². The molecule has 6 heteroatoms. The van der Waals surface area contributed by atoms with Crippen LogP contribution in [-0.2, 0) is 16.6 Å². The van der Waals surface area contributed by atoms with E-state index in [0.717, 1.165) is 9.88 Å². The molecule has 0 atom stereocenters. The molecule has 13 heavy (non-hydrogen) atoms. The topological polar surface area (TPSA) is 59.1 Å². The quantitative estimate of drug-likeness (QED) is 0.820. The van der Waals surface area contributed by atoms with Gasteiger partial charge in [0.25, 0.3) is 0 Å². The van der Waals surface area contributed by atoms with Crippen molar-refractivity contribution in [2.75, 3.05) is 5.75 Å². The van der Waals surface area contributed by atoms with Crippen LogP contribution in [0, 0.1) is 6.92 Å². The van der Waals surface area contributed by atoms with Crippen molar-refractivity contribution in [3.63, 3.8) is 0 Å². The Morgan fingerprint density at radius 1 is 1.62 bits per heavy atom. The molecule has 0 fully saturated rings. The second-order valence-corrected chi connectivity index (χ2v) is 6.00. The molecule has 1 N–H and O–H groups in total. The fourth-order valence-electron chi connectivity index (χ4n) is 0.757. The maximum absolute atomic E-state index is 11.0. The molecule has 1 heterocycles. The number of aromatic nitrogens is 1. The number of thiazole rings is 1. The zero-order valence-corrected chi connectivity index (χ0v) is 9.20. The van der Waals surface area contributed by atoms with Crippen LogP contribution in [0.3, 0.4) is 0 Å². The van der Waals surface area contributed by atoms with Crippen molar-refractivity contribution >= 4 is 21.4 Å². The third-order valence-corrected chi connectivity index (χ3v) is 3.75. The van der Waals surface area contributed by atoms with Crippen LogP contribution in [0.15, 0.2) is 6.20 Å². The summed E-state index contributed by atoms with van der Waals surface area (Å²) >= 11 is 1.50. The second kappa shape index (κ2) is 4.17. The molecule has 1 rings (SSSR count). The van der Waals surface area contributed by atoms with E-state index in [1.54, 1.807) is 13.1 Å². The lowest BCUT2D eigenvalue weighted by Gasteiger charge is -2.00. The Hall–Kier alpha value is -0.460. The van der Waals surface area contributed by atoms with E-state index in [1.807, 2.05) is 6.92 Å². The summed E-state index contributed by atoms with van der Waals surface area (Å²) in [4.78, 5) is 5.13. The Kier molecular flexibility index (Phi) is 3.40. The summed E-state index contributed by atoms with van der Waals surface area (Å²) < 4.78 is 24.5. The average molecular weight is 220 g/mol. The van der Waals surface area contributed by atoms with Crippen molar-refractivity contribution in [1.82, 2.24) is 9.71 Å². The second-order valence-electron chi connectivity index (χ2n) is 2.59. The molecular weight excluding hydrogens is 208 g/mol. The molecule has 0 saturated carbocycles. The normalized spacial score (nSPS) is 11.8. The summed E-state index contributed by atoms with van der Waals surface area (Å²) in [5, 5.41) is 0.800. The lowest BCUT2D eigenvalue weighted by Crippen LogP contribution is -2.24. The zero-order valence-electron chi connectivity index (χ0n) is 7.57. The molecule has 0 aliphatic rings. The van der Waals surface area contributed by atoms with Crippen LogP contribution < -0.4 is 4.72 Å². The number of nitrogens with zero attached hydrogens (tertiary/aromatic N) is 1. The van der Waals surface area contributed by atoms with Gasteiger partial charge in [0, 0.05) is 11.1 Å². The summed E-state index contributed by atoms with van der Waals surface area (Å²) in [6.07, 6.45) is 1.74. The summed E-state index contributed by atoms with van der Waals surface area (Å²) in [6.45, 7) is 3.85. The molecule has 0 bridgehead atoms. The molecule has 0 saturated heterocycles. The Morgan fingerprint density at radius 2 is 2.31 bits per heavy atom. The standard InChI is InChI=1S/C7H12N2O2S2/c1-3-13(10,11)9-5-7-8-4-6(2)12-7/h4,9H,3,5H2,1-2H3. The first-order chi connectivity index (χ1) is 6.03. The molecule has 1 aromatic rings. The molecule has 0 spiro atoms. The lowest BCUT2D eigenvalue weighted by molar-refractivity contribution is 0.582. The third kappa shape index (κ3) is 3.41. The maximum Gasteiger partial charge on any atom is 0.211 e. The molecule has 4 nitrogen and oxygen atoms in total. The monoisotopic (exact) mass is 220 g/mol. The number of hydrogen-bond acceptors (Lipinski definition) is 4. The van der Waals surface area contributed by atoms with Gasteiger partial charge in [0.15, 0.2) is 0 Å². The Morgan fingerprint density at radius 3 is 2.77 bits per heavy atom. The van der Waals surface area contributed by atoms with E-state index >= 15 is 0 Å². The minimum absolute atomic E-state index is 0.108. The van der Waals surface area contributed by atoms with Crippen LogP contribution in [-0.4, -0.2) is 19.2 Å². The summed E-state index contributed by atoms with van der Waals surface area (Å²) in [6, 6.07) is 0. The summed E-state index contributed by atoms with van der Waals surface area (Å²) in [5.74, 6) is 0.108. The van der Waals surface area contributed by atoms with Crippen molar-refractivity contribution in [3.05, 3.63) is 16.1 Å². The fourth-order valence-corrected chi connectivity index (χ4v) is 2.14. The van der Waals surface area contributed by atoms with Gasteiger partial charge >= 0.3 is 0 Å². The van der Waals surface area contributed by atoms with Crippen molar-refractivity contribution in [2.45, 2.75) is 20.4 Å². The summed E-state index contributed by atoms with van der Waals surface area (Å²) in [5.41, 5.74) is 0. The van der Waals surface area contributed by atoms with Crippen molar-refractivity contribution in [3.8, 4) is 0 Å². The Labute approximate surface area is 82.1 Å². The van der Waals surface area contributed by atoms with Crippen molar-refractivity contribution in [2.24, 2.45) is 0 Å². The first kappa shape index (κ1) is 10.6. The van der Waals surface area contributed by atoms with Gasteiger partial charge in [-0.3, -0.25) is 0 Å². The highest BCUT2D eigenvalue weighted by molar-refractivity contribution is 7.89. The van der Waals surface area contributed by atoms with Crippen molar-refractivity contribution in [1.29, 1.82) is 0 Å². The van der Waals surface area contributed by atoms with E-state index in [9.17, 15) is 8.42 Å². The first-order valence-electron chi connectivity index (χ1n) is 3.92. The molecular formula is C7H12N2O2S2. The van der Waals surface area contributed by atoms with Crippen LogP contribution in [0.1, 0.15) is 16.8 Å². The highest BCUT2D eigenvalue weighted by Gasteiger charge is 2.07. The van der Waals surface area contributed by atoms with Gasteiger partial charge in [-0.15, -0.1) is 11.3 Å². The molecule has 0 unspecified atom stereocenters. The number of aryl methyl sites for hydroxylation is 1. The molecule has 0 aliphatic carbocycles. The highest BCUT2D eigenvalue weighted by atomic mass is 32.2. The molecule has 0 aliphatic heterocycles. The van der Waals surface area contributed by atoms with Crippen LogP contribution in [0.4, 0.5) is 0 Å². The number of hydrogen-bond donors (Lipinski definition) is 1. The minimum atomic E-state index is -3.09. The van der Waals surface area contributed by atoms with Gasteiger partial charge in [0.05, 0.1) is 12.3 Å². The number of rotatable bonds is 4. The van der Waals surface area contributed by atoms with E-state index in [1.165, 1.54) is 11.3 Å². The molecule has 0 radical (unpaired) electrons.